The molecule has 1 heterocycles. The molecular weight excluding hydrogens is 248 g/mol. The Morgan fingerprint density at radius 3 is 2.72 bits per heavy atom. The van der Waals surface area contributed by atoms with Crippen molar-refractivity contribution in [3.8, 4) is 0 Å². The molecule has 4 heteroatoms. The largest absolute Gasteiger partial charge is 0.334 e. The molecule has 0 saturated carbocycles. The number of amides is 2. The summed E-state index contributed by atoms with van der Waals surface area (Å²) in [5.41, 5.74) is 0.956. The Morgan fingerprint density at radius 1 is 1.39 bits per heavy atom. The molecule has 2 amide bonds. The Balaban J connectivity index is 1.83. The van der Waals surface area contributed by atoms with Crippen LogP contribution in [0.5, 0.6) is 0 Å². The summed E-state index contributed by atoms with van der Waals surface area (Å²) in [5, 5.41) is 3.63. The molecule has 0 unspecified atom stereocenters. The van der Waals surface area contributed by atoms with Gasteiger partial charge >= 0.3 is 6.03 Å². The molecule has 0 spiro atoms. The van der Waals surface area contributed by atoms with E-state index in [2.05, 4.69) is 12.2 Å². The van der Waals surface area contributed by atoms with Gasteiger partial charge < -0.3 is 10.2 Å². The van der Waals surface area contributed by atoms with Crippen LogP contribution in [0.15, 0.2) is 24.3 Å². The Bertz CT molecular complexity index is 414. The van der Waals surface area contributed by atoms with Crippen molar-refractivity contribution >= 4 is 17.6 Å². The highest BCUT2D eigenvalue weighted by Gasteiger charge is 2.19. The number of rotatable bonds is 2. The Morgan fingerprint density at radius 2 is 2.06 bits per heavy atom. The van der Waals surface area contributed by atoms with Gasteiger partial charge in [0, 0.05) is 24.7 Å². The van der Waals surface area contributed by atoms with E-state index < -0.39 is 0 Å². The molecule has 98 valence electrons. The lowest BCUT2D eigenvalue weighted by Gasteiger charge is -2.30. The van der Waals surface area contributed by atoms with Gasteiger partial charge in [0.1, 0.15) is 0 Å². The quantitative estimate of drug-likeness (QED) is 0.875. The predicted octanol–water partition coefficient (Wildman–Crippen LogP) is 3.28. The minimum atomic E-state index is 0.0156. The van der Waals surface area contributed by atoms with Crippen molar-refractivity contribution in [2.75, 3.05) is 13.1 Å². The average molecular weight is 267 g/mol. The first kappa shape index (κ1) is 13.2. The van der Waals surface area contributed by atoms with Gasteiger partial charge in [0.05, 0.1) is 0 Å². The molecule has 2 rings (SSSR count). The monoisotopic (exact) mass is 266 g/mol. The van der Waals surface area contributed by atoms with E-state index in [0.29, 0.717) is 11.6 Å². The number of benzene rings is 1. The molecule has 0 bridgehead atoms. The second-order valence-corrected chi connectivity index (χ2v) is 5.33. The van der Waals surface area contributed by atoms with Crippen LogP contribution in [0.2, 0.25) is 5.02 Å². The van der Waals surface area contributed by atoms with Gasteiger partial charge in [0.15, 0.2) is 0 Å². The number of nitrogens with zero attached hydrogens (tertiary/aromatic N) is 1. The molecule has 1 N–H and O–H groups in total. The molecule has 0 aliphatic carbocycles. The summed E-state index contributed by atoms with van der Waals surface area (Å²) >= 11 is 6.05. The van der Waals surface area contributed by atoms with Gasteiger partial charge in [-0.2, -0.15) is 0 Å². The molecule has 0 radical (unpaired) electrons. The first-order valence-corrected chi connectivity index (χ1v) is 6.81. The molecule has 1 aromatic rings. The number of urea groups is 1. The second kappa shape index (κ2) is 6.10. The van der Waals surface area contributed by atoms with Crippen LogP contribution in [-0.4, -0.2) is 24.0 Å². The Hall–Kier alpha value is -1.22. The lowest BCUT2D eigenvalue weighted by atomic mass is 10.00. The highest BCUT2D eigenvalue weighted by molar-refractivity contribution is 6.31. The van der Waals surface area contributed by atoms with Crippen LogP contribution in [0, 0.1) is 5.92 Å². The average Bonchev–Trinajstić information content (AvgIpc) is 2.38. The fourth-order valence-corrected chi connectivity index (χ4v) is 2.34. The SMILES string of the molecule is CC1CCN(C(=O)NCc2ccccc2Cl)CC1. The number of carbonyl (C=O) groups is 1. The van der Waals surface area contributed by atoms with E-state index in [9.17, 15) is 4.79 Å². The number of hydrogen-bond donors (Lipinski definition) is 1. The lowest BCUT2D eigenvalue weighted by Crippen LogP contribution is -2.43. The molecule has 1 aliphatic rings. The van der Waals surface area contributed by atoms with Crippen LogP contribution in [0.3, 0.4) is 0 Å². The maximum Gasteiger partial charge on any atom is 0.317 e. The third-order valence-corrected chi connectivity index (χ3v) is 3.83. The number of hydrogen-bond acceptors (Lipinski definition) is 1. The molecule has 0 atom stereocenters. The smallest absolute Gasteiger partial charge is 0.317 e. The minimum Gasteiger partial charge on any atom is -0.334 e. The molecule has 18 heavy (non-hydrogen) atoms. The lowest BCUT2D eigenvalue weighted by molar-refractivity contribution is 0.173. The molecule has 1 aliphatic heterocycles. The summed E-state index contributed by atoms with van der Waals surface area (Å²) < 4.78 is 0. The number of piperidine rings is 1. The highest BCUT2D eigenvalue weighted by Crippen LogP contribution is 2.17. The van der Waals surface area contributed by atoms with Gasteiger partial charge in [-0.15, -0.1) is 0 Å². The maximum atomic E-state index is 12.0. The van der Waals surface area contributed by atoms with Crippen LogP contribution in [0.25, 0.3) is 0 Å². The first-order valence-electron chi connectivity index (χ1n) is 6.43. The molecule has 0 aromatic heterocycles. The van der Waals surface area contributed by atoms with Crippen molar-refractivity contribution < 1.29 is 4.79 Å². The summed E-state index contributed by atoms with van der Waals surface area (Å²) in [4.78, 5) is 13.8. The minimum absolute atomic E-state index is 0.0156. The molecule has 3 nitrogen and oxygen atoms in total. The number of carbonyl (C=O) groups excluding carboxylic acids is 1. The summed E-state index contributed by atoms with van der Waals surface area (Å²) in [6, 6.07) is 7.60. The van der Waals surface area contributed by atoms with E-state index in [1.807, 2.05) is 29.2 Å². The maximum absolute atomic E-state index is 12.0. The summed E-state index contributed by atoms with van der Waals surface area (Å²) in [7, 11) is 0. The zero-order chi connectivity index (χ0) is 13.0. The van der Waals surface area contributed by atoms with E-state index in [0.717, 1.165) is 37.4 Å². The van der Waals surface area contributed by atoms with Crippen LogP contribution in [0.1, 0.15) is 25.3 Å². The number of nitrogens with one attached hydrogen (secondary N) is 1. The van der Waals surface area contributed by atoms with Crippen molar-refractivity contribution in [1.82, 2.24) is 10.2 Å². The second-order valence-electron chi connectivity index (χ2n) is 4.92. The highest BCUT2D eigenvalue weighted by atomic mass is 35.5. The van der Waals surface area contributed by atoms with Crippen molar-refractivity contribution in [2.24, 2.45) is 5.92 Å². The van der Waals surface area contributed by atoms with Crippen molar-refractivity contribution in [1.29, 1.82) is 0 Å². The Labute approximate surface area is 113 Å². The van der Waals surface area contributed by atoms with Crippen LogP contribution in [-0.2, 0) is 6.54 Å². The standard InChI is InChI=1S/C14H19ClN2O/c1-11-6-8-17(9-7-11)14(18)16-10-12-4-2-3-5-13(12)15/h2-5,11H,6-10H2,1H3,(H,16,18). The number of halogens is 1. The Kier molecular flexibility index (Phi) is 4.48. The zero-order valence-corrected chi connectivity index (χ0v) is 11.4. The van der Waals surface area contributed by atoms with Crippen LogP contribution in [0.4, 0.5) is 4.79 Å². The van der Waals surface area contributed by atoms with E-state index >= 15 is 0 Å². The fraction of sp³-hybridized carbons (Fsp3) is 0.500. The van der Waals surface area contributed by atoms with Gasteiger partial charge in [-0.1, -0.05) is 36.7 Å². The molecule has 1 fully saturated rings. The van der Waals surface area contributed by atoms with E-state index in [1.165, 1.54) is 0 Å². The van der Waals surface area contributed by atoms with Crippen molar-refractivity contribution in [3.63, 3.8) is 0 Å². The van der Waals surface area contributed by atoms with Crippen LogP contribution < -0.4 is 5.32 Å². The van der Waals surface area contributed by atoms with Gasteiger partial charge in [-0.3, -0.25) is 0 Å². The van der Waals surface area contributed by atoms with E-state index in [-0.39, 0.29) is 6.03 Å². The topological polar surface area (TPSA) is 32.3 Å². The zero-order valence-electron chi connectivity index (χ0n) is 10.7. The van der Waals surface area contributed by atoms with Gasteiger partial charge in [-0.25, -0.2) is 4.79 Å². The third-order valence-electron chi connectivity index (χ3n) is 3.46. The summed E-state index contributed by atoms with van der Waals surface area (Å²) in [6.07, 6.45) is 2.19. The molecule has 1 aromatic carbocycles. The normalized spacial score (nSPS) is 16.7. The number of likely N-dealkylation sites (tertiary alicyclic amines) is 1. The van der Waals surface area contributed by atoms with E-state index in [4.69, 9.17) is 11.6 Å². The summed E-state index contributed by atoms with van der Waals surface area (Å²) in [6.45, 7) is 4.44. The van der Waals surface area contributed by atoms with Gasteiger partial charge in [-0.05, 0) is 30.4 Å². The first-order chi connectivity index (χ1) is 8.66. The molecule has 1 saturated heterocycles. The van der Waals surface area contributed by atoms with Gasteiger partial charge in [0.2, 0.25) is 0 Å². The predicted molar refractivity (Wildman–Crippen MR) is 73.7 cm³/mol. The van der Waals surface area contributed by atoms with Crippen molar-refractivity contribution in [2.45, 2.75) is 26.3 Å². The summed E-state index contributed by atoms with van der Waals surface area (Å²) in [5.74, 6) is 0.734. The third kappa shape index (κ3) is 3.39. The van der Waals surface area contributed by atoms with Gasteiger partial charge in [0.25, 0.3) is 0 Å². The van der Waals surface area contributed by atoms with Crippen LogP contribution >= 0.6 is 11.6 Å². The van der Waals surface area contributed by atoms with E-state index in [1.54, 1.807) is 0 Å². The molecular formula is C14H19ClN2O. The fourth-order valence-electron chi connectivity index (χ4n) is 2.14. The van der Waals surface area contributed by atoms with Crippen molar-refractivity contribution in [3.05, 3.63) is 34.9 Å².